The number of aliphatic imine (C=N–C) groups is 1. The molecule has 1 heterocycles. The van der Waals surface area contributed by atoms with Gasteiger partial charge in [-0.05, 0) is 44.0 Å². The first-order valence-corrected chi connectivity index (χ1v) is 9.32. The van der Waals surface area contributed by atoms with E-state index in [1.54, 1.807) is 19.1 Å². The summed E-state index contributed by atoms with van der Waals surface area (Å²) in [5, 5.41) is 8.91. The zero-order chi connectivity index (χ0) is 21.3. The number of guanidine groups is 1. The van der Waals surface area contributed by atoms with Gasteiger partial charge in [-0.2, -0.15) is 13.2 Å². The van der Waals surface area contributed by atoms with Gasteiger partial charge >= 0.3 is 6.18 Å². The first-order chi connectivity index (χ1) is 13.8. The molecule has 0 fully saturated rings. The second-order valence-electron chi connectivity index (χ2n) is 6.36. The molecule has 29 heavy (non-hydrogen) atoms. The van der Waals surface area contributed by atoms with Crippen molar-refractivity contribution < 1.29 is 22.4 Å². The summed E-state index contributed by atoms with van der Waals surface area (Å²) >= 11 is 0. The van der Waals surface area contributed by atoms with E-state index in [0.717, 1.165) is 17.7 Å². The molecule has 0 spiro atoms. The van der Waals surface area contributed by atoms with E-state index in [1.807, 2.05) is 6.92 Å². The van der Waals surface area contributed by atoms with Crippen molar-refractivity contribution in [3.63, 3.8) is 0 Å². The molecule has 1 aromatic carbocycles. The molecule has 3 N–H and O–H groups in total. The molecule has 0 saturated carbocycles. The molecule has 9 heteroatoms. The molecule has 158 valence electrons. The van der Waals surface area contributed by atoms with Crippen LogP contribution in [0, 0.1) is 6.92 Å². The van der Waals surface area contributed by atoms with Crippen molar-refractivity contribution in [2.45, 2.75) is 33.0 Å². The Labute approximate surface area is 167 Å². The third-order valence-electron chi connectivity index (χ3n) is 4.02. The Morgan fingerprint density at radius 2 is 1.90 bits per heavy atom. The van der Waals surface area contributed by atoms with E-state index in [0.29, 0.717) is 43.3 Å². The summed E-state index contributed by atoms with van der Waals surface area (Å²) in [7, 11) is 0. The number of nitrogens with one attached hydrogen (secondary N) is 3. The van der Waals surface area contributed by atoms with E-state index in [-0.39, 0.29) is 12.5 Å². The number of benzene rings is 1. The number of aryl methyl sites for hydroxylation is 1. The maximum atomic E-state index is 12.8. The second-order valence-corrected chi connectivity index (χ2v) is 6.36. The van der Waals surface area contributed by atoms with Crippen LogP contribution in [0.1, 0.15) is 40.6 Å². The van der Waals surface area contributed by atoms with Gasteiger partial charge in [0.1, 0.15) is 0 Å². The normalized spacial score (nSPS) is 12.0. The van der Waals surface area contributed by atoms with E-state index < -0.39 is 11.7 Å². The SMILES string of the molecule is CCNC(=NCc1cccc(C(F)(F)F)c1)NCCCNC(=O)c1occc1C. The van der Waals surface area contributed by atoms with Gasteiger partial charge in [0.05, 0.1) is 18.4 Å². The van der Waals surface area contributed by atoms with Gasteiger partial charge in [-0.25, -0.2) is 4.99 Å². The molecule has 0 aliphatic heterocycles. The summed E-state index contributed by atoms with van der Waals surface area (Å²) in [6, 6.07) is 6.83. The standard InChI is InChI=1S/C20H25F3N4O2/c1-3-24-19(27-13-15-6-4-7-16(12-15)20(21,22)23)26-10-5-9-25-18(28)17-14(2)8-11-29-17/h4,6-8,11-12H,3,5,9-10,13H2,1-2H3,(H,25,28)(H2,24,26,27). The number of hydrogen-bond acceptors (Lipinski definition) is 3. The van der Waals surface area contributed by atoms with Crippen LogP contribution < -0.4 is 16.0 Å². The quantitative estimate of drug-likeness (QED) is 0.354. The number of nitrogens with zero attached hydrogens (tertiary/aromatic N) is 1. The molecular weight excluding hydrogens is 385 g/mol. The van der Waals surface area contributed by atoms with Gasteiger partial charge in [-0.1, -0.05) is 12.1 Å². The van der Waals surface area contributed by atoms with Gasteiger partial charge in [0.15, 0.2) is 11.7 Å². The van der Waals surface area contributed by atoms with Crippen molar-refractivity contribution in [3.8, 4) is 0 Å². The van der Waals surface area contributed by atoms with E-state index in [4.69, 9.17) is 4.42 Å². The number of furan rings is 1. The molecule has 1 amide bonds. The molecular formula is C20H25F3N4O2. The summed E-state index contributed by atoms with van der Waals surface area (Å²) in [5.41, 5.74) is 0.556. The maximum Gasteiger partial charge on any atom is 0.416 e. The summed E-state index contributed by atoms with van der Waals surface area (Å²) in [4.78, 5) is 16.3. The summed E-state index contributed by atoms with van der Waals surface area (Å²) in [5.74, 6) is 0.532. The van der Waals surface area contributed by atoms with Crippen LogP contribution in [0.2, 0.25) is 0 Å². The Kier molecular flexibility index (Phi) is 8.11. The minimum absolute atomic E-state index is 0.119. The molecule has 0 aliphatic carbocycles. The van der Waals surface area contributed by atoms with Crippen LogP contribution >= 0.6 is 0 Å². The van der Waals surface area contributed by atoms with Crippen molar-refractivity contribution in [2.75, 3.05) is 19.6 Å². The van der Waals surface area contributed by atoms with Crippen LogP contribution in [0.3, 0.4) is 0 Å². The van der Waals surface area contributed by atoms with Crippen LogP contribution in [0.25, 0.3) is 0 Å². The number of halogens is 3. The van der Waals surface area contributed by atoms with Crippen LogP contribution in [0.5, 0.6) is 0 Å². The molecule has 1 aromatic heterocycles. The maximum absolute atomic E-state index is 12.8. The highest BCUT2D eigenvalue weighted by Crippen LogP contribution is 2.29. The number of alkyl halides is 3. The predicted octanol–water partition coefficient (Wildman–Crippen LogP) is 3.48. The highest BCUT2D eigenvalue weighted by atomic mass is 19.4. The lowest BCUT2D eigenvalue weighted by molar-refractivity contribution is -0.137. The third kappa shape index (κ3) is 7.17. The van der Waals surface area contributed by atoms with Crippen LogP contribution in [-0.4, -0.2) is 31.5 Å². The predicted molar refractivity (Wildman–Crippen MR) is 105 cm³/mol. The number of carbonyl (C=O) groups is 1. The second kappa shape index (κ2) is 10.5. The molecule has 2 rings (SSSR count). The molecule has 2 aromatic rings. The minimum atomic E-state index is -4.37. The van der Waals surface area contributed by atoms with Crippen molar-refractivity contribution in [1.29, 1.82) is 0 Å². The van der Waals surface area contributed by atoms with E-state index >= 15 is 0 Å². The Bertz CT molecular complexity index is 831. The van der Waals surface area contributed by atoms with E-state index in [1.165, 1.54) is 12.3 Å². The zero-order valence-corrected chi connectivity index (χ0v) is 16.4. The number of amides is 1. The summed E-state index contributed by atoms with van der Waals surface area (Å²) in [6.45, 7) is 5.40. The smallest absolute Gasteiger partial charge is 0.416 e. The lowest BCUT2D eigenvalue weighted by Gasteiger charge is -2.12. The molecule has 0 unspecified atom stereocenters. The van der Waals surface area contributed by atoms with Gasteiger partial charge < -0.3 is 20.4 Å². The van der Waals surface area contributed by atoms with Gasteiger partial charge in [0.25, 0.3) is 5.91 Å². The summed E-state index contributed by atoms with van der Waals surface area (Å²) < 4.78 is 43.5. The van der Waals surface area contributed by atoms with Gasteiger partial charge in [0.2, 0.25) is 0 Å². The molecule has 0 bridgehead atoms. The topological polar surface area (TPSA) is 78.7 Å². The fraction of sp³-hybridized carbons (Fsp3) is 0.400. The van der Waals surface area contributed by atoms with E-state index in [2.05, 4.69) is 20.9 Å². The Morgan fingerprint density at radius 1 is 1.14 bits per heavy atom. The van der Waals surface area contributed by atoms with Gasteiger partial charge in [0, 0.05) is 25.2 Å². The highest BCUT2D eigenvalue weighted by molar-refractivity contribution is 5.92. The number of carbonyl (C=O) groups excluding carboxylic acids is 1. The Morgan fingerprint density at radius 3 is 2.55 bits per heavy atom. The lowest BCUT2D eigenvalue weighted by Crippen LogP contribution is -2.38. The third-order valence-corrected chi connectivity index (χ3v) is 4.02. The fourth-order valence-electron chi connectivity index (χ4n) is 2.54. The van der Waals surface area contributed by atoms with E-state index in [9.17, 15) is 18.0 Å². The summed E-state index contributed by atoms with van der Waals surface area (Å²) in [6.07, 6.45) is -2.27. The lowest BCUT2D eigenvalue weighted by atomic mass is 10.1. The average molecular weight is 410 g/mol. The fourth-order valence-corrected chi connectivity index (χ4v) is 2.54. The molecule has 0 saturated heterocycles. The average Bonchev–Trinajstić information content (AvgIpc) is 3.11. The Balaban J connectivity index is 1.80. The molecule has 0 aliphatic rings. The minimum Gasteiger partial charge on any atom is -0.459 e. The van der Waals surface area contributed by atoms with Crippen molar-refractivity contribution in [2.24, 2.45) is 4.99 Å². The monoisotopic (exact) mass is 410 g/mol. The number of rotatable bonds is 8. The van der Waals surface area contributed by atoms with Gasteiger partial charge in [-0.3, -0.25) is 4.79 Å². The van der Waals surface area contributed by atoms with Crippen LogP contribution in [-0.2, 0) is 12.7 Å². The van der Waals surface area contributed by atoms with Crippen molar-refractivity contribution in [3.05, 3.63) is 59.0 Å². The Hall–Kier alpha value is -2.97. The van der Waals surface area contributed by atoms with Crippen LogP contribution in [0.15, 0.2) is 46.0 Å². The van der Waals surface area contributed by atoms with Crippen molar-refractivity contribution >= 4 is 11.9 Å². The first kappa shape index (κ1) is 22.3. The largest absolute Gasteiger partial charge is 0.459 e. The first-order valence-electron chi connectivity index (χ1n) is 9.32. The van der Waals surface area contributed by atoms with Gasteiger partial charge in [-0.15, -0.1) is 0 Å². The molecule has 0 atom stereocenters. The molecule has 6 nitrogen and oxygen atoms in total. The molecule has 0 radical (unpaired) electrons. The highest BCUT2D eigenvalue weighted by Gasteiger charge is 2.30. The zero-order valence-electron chi connectivity index (χ0n) is 16.4. The van der Waals surface area contributed by atoms with Crippen molar-refractivity contribution in [1.82, 2.24) is 16.0 Å². The number of hydrogen-bond donors (Lipinski definition) is 3. The van der Waals surface area contributed by atoms with Crippen LogP contribution in [0.4, 0.5) is 13.2 Å².